The summed E-state index contributed by atoms with van der Waals surface area (Å²) in [5.74, 6) is 0.402. The van der Waals surface area contributed by atoms with E-state index in [0.717, 1.165) is 0 Å². The van der Waals surface area contributed by atoms with E-state index in [1.807, 2.05) is 0 Å². The molecular formula is C8H13N3O2. The second kappa shape index (κ2) is 4.61. The average molecular weight is 183 g/mol. The maximum absolute atomic E-state index is 11.2. The summed E-state index contributed by atoms with van der Waals surface area (Å²) in [5, 5.41) is 6.20. The van der Waals surface area contributed by atoms with Crippen LogP contribution in [0.2, 0.25) is 0 Å². The number of rotatable bonds is 4. The maximum atomic E-state index is 11.2. The van der Waals surface area contributed by atoms with Crippen molar-refractivity contribution in [3.63, 3.8) is 0 Å². The Morgan fingerprint density at radius 1 is 1.85 bits per heavy atom. The van der Waals surface area contributed by atoms with Crippen molar-refractivity contribution in [3.8, 4) is 0 Å². The summed E-state index contributed by atoms with van der Waals surface area (Å²) >= 11 is 0. The van der Waals surface area contributed by atoms with E-state index in [1.165, 1.54) is 6.20 Å². The molecule has 0 saturated heterocycles. The molecule has 1 unspecified atom stereocenters. The zero-order valence-corrected chi connectivity index (χ0v) is 7.49. The molecule has 0 fully saturated rings. The largest absolute Gasteiger partial charge is 0.360 e. The third-order valence-electron chi connectivity index (χ3n) is 1.73. The van der Waals surface area contributed by atoms with Gasteiger partial charge in [-0.1, -0.05) is 12.1 Å². The molecule has 1 heterocycles. The van der Waals surface area contributed by atoms with E-state index in [9.17, 15) is 4.79 Å². The minimum atomic E-state index is -0.164. The highest BCUT2D eigenvalue weighted by Crippen LogP contribution is 1.97. The summed E-state index contributed by atoms with van der Waals surface area (Å²) in [7, 11) is 0. The van der Waals surface area contributed by atoms with Crippen LogP contribution in [0.15, 0.2) is 16.8 Å². The lowest BCUT2D eigenvalue weighted by Gasteiger charge is -2.07. The van der Waals surface area contributed by atoms with Crippen LogP contribution in [0.3, 0.4) is 0 Å². The van der Waals surface area contributed by atoms with Gasteiger partial charge >= 0.3 is 0 Å². The molecule has 0 spiro atoms. The molecule has 0 aromatic carbocycles. The molecule has 0 bridgehead atoms. The zero-order chi connectivity index (χ0) is 9.68. The molecule has 13 heavy (non-hydrogen) atoms. The number of nitrogens with one attached hydrogen (secondary N) is 1. The standard InChI is InChI=1S/C8H13N3O2/c1-6(4-9)8(12)10-5-7-2-3-11-13-7/h2-3,6H,4-5,9H2,1H3,(H,10,12). The highest BCUT2D eigenvalue weighted by Gasteiger charge is 2.10. The third-order valence-corrected chi connectivity index (χ3v) is 1.73. The van der Waals surface area contributed by atoms with Crippen molar-refractivity contribution >= 4 is 5.91 Å². The van der Waals surface area contributed by atoms with Crippen molar-refractivity contribution in [1.82, 2.24) is 10.5 Å². The van der Waals surface area contributed by atoms with Crippen molar-refractivity contribution in [2.75, 3.05) is 6.54 Å². The van der Waals surface area contributed by atoms with Crippen molar-refractivity contribution in [2.24, 2.45) is 11.7 Å². The molecule has 72 valence electrons. The fourth-order valence-corrected chi connectivity index (χ4v) is 0.789. The number of carbonyl (C=O) groups is 1. The second-order valence-corrected chi connectivity index (χ2v) is 2.83. The normalized spacial score (nSPS) is 12.5. The van der Waals surface area contributed by atoms with Gasteiger partial charge in [-0.2, -0.15) is 0 Å². The van der Waals surface area contributed by atoms with Crippen molar-refractivity contribution < 1.29 is 9.32 Å². The van der Waals surface area contributed by atoms with Crippen LogP contribution in [0.1, 0.15) is 12.7 Å². The van der Waals surface area contributed by atoms with Crippen molar-refractivity contribution in [1.29, 1.82) is 0 Å². The molecule has 1 amide bonds. The molecule has 0 aliphatic rings. The predicted octanol–water partition coefficient (Wildman–Crippen LogP) is -0.114. The quantitative estimate of drug-likeness (QED) is 0.682. The van der Waals surface area contributed by atoms with E-state index in [-0.39, 0.29) is 11.8 Å². The molecule has 1 atom stereocenters. The minimum absolute atomic E-state index is 0.0705. The Morgan fingerprint density at radius 2 is 2.62 bits per heavy atom. The fourth-order valence-electron chi connectivity index (χ4n) is 0.789. The van der Waals surface area contributed by atoms with Gasteiger partial charge in [0.1, 0.15) is 0 Å². The van der Waals surface area contributed by atoms with E-state index < -0.39 is 0 Å². The fraction of sp³-hybridized carbons (Fsp3) is 0.500. The lowest BCUT2D eigenvalue weighted by molar-refractivity contribution is -0.124. The van der Waals surface area contributed by atoms with Crippen LogP contribution in [0.5, 0.6) is 0 Å². The highest BCUT2D eigenvalue weighted by atomic mass is 16.5. The van der Waals surface area contributed by atoms with E-state index in [0.29, 0.717) is 18.8 Å². The molecule has 0 aliphatic carbocycles. The lowest BCUT2D eigenvalue weighted by Crippen LogP contribution is -2.32. The first-order chi connectivity index (χ1) is 6.24. The Bertz CT molecular complexity index is 258. The Labute approximate surface area is 76.3 Å². The van der Waals surface area contributed by atoms with Gasteiger partial charge in [-0.15, -0.1) is 0 Å². The van der Waals surface area contributed by atoms with Gasteiger partial charge in [0, 0.05) is 18.5 Å². The number of aromatic nitrogens is 1. The van der Waals surface area contributed by atoms with Gasteiger partial charge < -0.3 is 15.6 Å². The summed E-state index contributed by atoms with van der Waals surface area (Å²) in [6.07, 6.45) is 1.54. The van der Waals surface area contributed by atoms with E-state index in [1.54, 1.807) is 13.0 Å². The Morgan fingerprint density at radius 3 is 3.15 bits per heavy atom. The number of carbonyl (C=O) groups excluding carboxylic acids is 1. The second-order valence-electron chi connectivity index (χ2n) is 2.83. The zero-order valence-electron chi connectivity index (χ0n) is 7.49. The first kappa shape index (κ1) is 9.73. The summed E-state index contributed by atoms with van der Waals surface area (Å²) in [5.41, 5.74) is 5.33. The molecule has 1 aromatic heterocycles. The van der Waals surface area contributed by atoms with Crippen LogP contribution in [0.25, 0.3) is 0 Å². The van der Waals surface area contributed by atoms with Crippen molar-refractivity contribution in [2.45, 2.75) is 13.5 Å². The highest BCUT2D eigenvalue weighted by molar-refractivity contribution is 5.78. The SMILES string of the molecule is CC(CN)C(=O)NCc1ccno1. The molecule has 1 aromatic rings. The van der Waals surface area contributed by atoms with Crippen LogP contribution >= 0.6 is 0 Å². The third kappa shape index (κ3) is 2.87. The van der Waals surface area contributed by atoms with Gasteiger partial charge in [0.15, 0.2) is 5.76 Å². The first-order valence-electron chi connectivity index (χ1n) is 4.11. The smallest absolute Gasteiger partial charge is 0.224 e. The maximum Gasteiger partial charge on any atom is 0.224 e. The van der Waals surface area contributed by atoms with Gasteiger partial charge in [0.25, 0.3) is 0 Å². The molecule has 3 N–H and O–H groups in total. The summed E-state index contributed by atoms with van der Waals surface area (Å²) in [6.45, 7) is 2.49. The van der Waals surface area contributed by atoms with Gasteiger partial charge in [0.2, 0.25) is 5.91 Å². The lowest BCUT2D eigenvalue weighted by atomic mass is 10.2. The molecule has 0 radical (unpaired) electrons. The first-order valence-corrected chi connectivity index (χ1v) is 4.11. The molecule has 5 heteroatoms. The number of nitrogens with two attached hydrogens (primary N) is 1. The van der Waals surface area contributed by atoms with E-state index >= 15 is 0 Å². The van der Waals surface area contributed by atoms with Crippen LogP contribution in [0.4, 0.5) is 0 Å². The summed E-state index contributed by atoms with van der Waals surface area (Å²) < 4.78 is 4.80. The molecule has 1 rings (SSSR count). The summed E-state index contributed by atoms with van der Waals surface area (Å²) in [6, 6.07) is 1.70. The average Bonchev–Trinajstić information content (AvgIpc) is 2.65. The van der Waals surface area contributed by atoms with E-state index in [4.69, 9.17) is 10.3 Å². The van der Waals surface area contributed by atoms with Crippen LogP contribution in [-0.4, -0.2) is 17.6 Å². The monoisotopic (exact) mass is 183 g/mol. The van der Waals surface area contributed by atoms with Crippen molar-refractivity contribution in [3.05, 3.63) is 18.0 Å². The minimum Gasteiger partial charge on any atom is -0.360 e. The topological polar surface area (TPSA) is 81.2 Å². The van der Waals surface area contributed by atoms with Gasteiger partial charge in [-0.05, 0) is 0 Å². The van der Waals surface area contributed by atoms with Gasteiger partial charge in [0.05, 0.1) is 12.7 Å². The summed E-state index contributed by atoms with van der Waals surface area (Å²) in [4.78, 5) is 11.2. The molecule has 0 aliphatic heterocycles. The van der Waals surface area contributed by atoms with Crippen LogP contribution < -0.4 is 11.1 Å². The van der Waals surface area contributed by atoms with Gasteiger partial charge in [-0.3, -0.25) is 4.79 Å². The molecule has 0 saturated carbocycles. The number of hydrogen-bond acceptors (Lipinski definition) is 4. The van der Waals surface area contributed by atoms with E-state index in [2.05, 4.69) is 10.5 Å². The van der Waals surface area contributed by atoms with Crippen LogP contribution in [0, 0.1) is 5.92 Å². The predicted molar refractivity (Wildman–Crippen MR) is 46.6 cm³/mol. The molecular weight excluding hydrogens is 170 g/mol. The van der Waals surface area contributed by atoms with Gasteiger partial charge in [-0.25, -0.2) is 0 Å². The Kier molecular flexibility index (Phi) is 3.45. The van der Waals surface area contributed by atoms with Crippen LogP contribution in [-0.2, 0) is 11.3 Å². The molecule has 5 nitrogen and oxygen atoms in total. The number of amides is 1. The number of hydrogen-bond donors (Lipinski definition) is 2. The Hall–Kier alpha value is -1.36. The Balaban J connectivity index is 2.31. The number of nitrogens with zero attached hydrogens (tertiary/aromatic N) is 1.